The molecule has 0 fully saturated rings. The molecule has 0 saturated carbocycles. The molecule has 0 saturated heterocycles. The Morgan fingerprint density at radius 3 is 2.79 bits per heavy atom. The molecule has 1 aromatic rings. The minimum absolute atomic E-state index is 0.120. The van der Waals surface area contributed by atoms with Gasteiger partial charge in [-0.1, -0.05) is 13.0 Å². The van der Waals surface area contributed by atoms with Gasteiger partial charge in [0.05, 0.1) is 12.6 Å². The van der Waals surface area contributed by atoms with Crippen molar-refractivity contribution in [3.8, 4) is 0 Å². The highest BCUT2D eigenvalue weighted by molar-refractivity contribution is 5.81. The summed E-state index contributed by atoms with van der Waals surface area (Å²) in [6.07, 6.45) is -0.0497. The summed E-state index contributed by atoms with van der Waals surface area (Å²) in [5, 5.41) is 12.4. The molecule has 19 heavy (non-hydrogen) atoms. The van der Waals surface area contributed by atoms with Gasteiger partial charge in [0.1, 0.15) is 5.82 Å². The van der Waals surface area contributed by atoms with E-state index in [0.29, 0.717) is 12.2 Å². The Labute approximate surface area is 113 Å². The van der Waals surface area contributed by atoms with E-state index in [0.717, 1.165) is 6.42 Å². The van der Waals surface area contributed by atoms with Crippen molar-refractivity contribution in [3.05, 3.63) is 29.6 Å². The Bertz CT molecular complexity index is 435. The fraction of sp³-hybridized carbons (Fsp3) is 0.500. The van der Waals surface area contributed by atoms with Crippen LogP contribution in [0.4, 0.5) is 10.1 Å². The normalized spacial score (nSPS) is 12.1. The fourth-order valence-corrected chi connectivity index (χ4v) is 1.89. The number of likely N-dealkylation sites (N-methyl/N-ethyl adjacent to an activating group) is 1. The molecule has 1 rings (SSSR count). The minimum atomic E-state index is -0.919. The number of rotatable bonds is 6. The summed E-state index contributed by atoms with van der Waals surface area (Å²) in [6, 6.07) is 4.56. The van der Waals surface area contributed by atoms with Gasteiger partial charge in [0.25, 0.3) is 0 Å². The monoisotopic (exact) mass is 268 g/mol. The molecule has 4 nitrogen and oxygen atoms in total. The van der Waals surface area contributed by atoms with Gasteiger partial charge in [-0.3, -0.25) is 4.79 Å². The molecule has 106 valence electrons. The molecule has 5 heteroatoms. The number of benzene rings is 1. The van der Waals surface area contributed by atoms with E-state index in [1.807, 2.05) is 6.92 Å². The Morgan fingerprint density at radius 1 is 1.53 bits per heavy atom. The van der Waals surface area contributed by atoms with Crippen molar-refractivity contribution in [2.45, 2.75) is 26.4 Å². The smallest absolute Gasteiger partial charge is 0.239 e. The van der Waals surface area contributed by atoms with Crippen molar-refractivity contribution in [2.24, 2.45) is 0 Å². The maximum atomic E-state index is 13.7. The molecule has 0 aliphatic rings. The number of carbonyl (C=O) groups is 1. The molecule has 0 aliphatic carbocycles. The average molecular weight is 268 g/mol. The molecule has 0 aliphatic heterocycles. The third-order valence-electron chi connectivity index (χ3n) is 2.81. The summed E-state index contributed by atoms with van der Waals surface area (Å²) >= 11 is 0. The third kappa shape index (κ3) is 4.21. The Hall–Kier alpha value is -1.62. The molecule has 1 atom stereocenters. The lowest BCUT2D eigenvalue weighted by atomic mass is 10.1. The lowest BCUT2D eigenvalue weighted by Gasteiger charge is -2.23. The van der Waals surface area contributed by atoms with E-state index < -0.39 is 11.9 Å². The summed E-state index contributed by atoms with van der Waals surface area (Å²) in [4.78, 5) is 13.3. The van der Waals surface area contributed by atoms with Crippen LogP contribution in [0.25, 0.3) is 0 Å². The standard InChI is InChI=1S/C14H21FN2O2/c1-4-8-16-13(19)9-17(3)12-7-5-6-11(15)14(12)10(2)18/h5-7,10,18H,4,8-9H2,1-3H3,(H,16,19)/t10-/m1/s1. The number of nitrogens with one attached hydrogen (secondary N) is 1. The van der Waals surface area contributed by atoms with Crippen LogP contribution in [0.1, 0.15) is 31.9 Å². The Morgan fingerprint density at radius 2 is 2.21 bits per heavy atom. The van der Waals surface area contributed by atoms with Crippen molar-refractivity contribution < 1.29 is 14.3 Å². The maximum Gasteiger partial charge on any atom is 0.239 e. The topological polar surface area (TPSA) is 52.6 Å². The second-order valence-corrected chi connectivity index (χ2v) is 4.55. The molecule has 0 unspecified atom stereocenters. The van der Waals surface area contributed by atoms with E-state index in [4.69, 9.17) is 0 Å². The zero-order valence-electron chi connectivity index (χ0n) is 11.6. The molecule has 0 bridgehead atoms. The van der Waals surface area contributed by atoms with Crippen LogP contribution >= 0.6 is 0 Å². The first-order chi connectivity index (χ1) is 8.97. The molecule has 1 amide bonds. The number of nitrogens with zero attached hydrogens (tertiary/aromatic N) is 1. The zero-order valence-corrected chi connectivity index (χ0v) is 11.6. The van der Waals surface area contributed by atoms with E-state index in [1.165, 1.54) is 13.0 Å². The van der Waals surface area contributed by atoms with E-state index in [-0.39, 0.29) is 18.0 Å². The number of carbonyl (C=O) groups excluding carboxylic acids is 1. The van der Waals surface area contributed by atoms with E-state index >= 15 is 0 Å². The van der Waals surface area contributed by atoms with Crippen molar-refractivity contribution in [3.63, 3.8) is 0 Å². The van der Waals surface area contributed by atoms with Gasteiger partial charge in [-0.2, -0.15) is 0 Å². The van der Waals surface area contributed by atoms with E-state index in [2.05, 4.69) is 5.32 Å². The molecule has 0 aromatic heterocycles. The van der Waals surface area contributed by atoms with Crippen LogP contribution in [0, 0.1) is 5.82 Å². The summed E-state index contributed by atoms with van der Waals surface area (Å²) in [5.74, 6) is -0.585. The predicted molar refractivity (Wildman–Crippen MR) is 73.6 cm³/mol. The van der Waals surface area contributed by atoms with Gasteiger partial charge in [-0.25, -0.2) is 4.39 Å². The van der Waals surface area contributed by atoms with Gasteiger partial charge in [-0.05, 0) is 25.5 Å². The van der Waals surface area contributed by atoms with Crippen LogP contribution in [0.15, 0.2) is 18.2 Å². The maximum absolute atomic E-state index is 13.7. The van der Waals surface area contributed by atoms with Crippen molar-refractivity contribution >= 4 is 11.6 Å². The molecular weight excluding hydrogens is 247 g/mol. The number of aliphatic hydroxyl groups excluding tert-OH is 1. The molecule has 1 aromatic carbocycles. The molecule has 0 radical (unpaired) electrons. The van der Waals surface area contributed by atoms with Crippen LogP contribution in [-0.4, -0.2) is 31.2 Å². The van der Waals surface area contributed by atoms with Gasteiger partial charge in [0.15, 0.2) is 0 Å². The van der Waals surface area contributed by atoms with Crippen LogP contribution in [-0.2, 0) is 4.79 Å². The van der Waals surface area contributed by atoms with Gasteiger partial charge in [0.2, 0.25) is 5.91 Å². The van der Waals surface area contributed by atoms with Crippen molar-refractivity contribution in [2.75, 3.05) is 25.0 Å². The lowest BCUT2D eigenvalue weighted by molar-refractivity contribution is -0.119. The largest absolute Gasteiger partial charge is 0.389 e. The van der Waals surface area contributed by atoms with E-state index in [1.54, 1.807) is 24.1 Å². The number of amides is 1. The van der Waals surface area contributed by atoms with Gasteiger partial charge >= 0.3 is 0 Å². The predicted octanol–water partition coefficient (Wildman–Crippen LogP) is 1.84. The first-order valence-corrected chi connectivity index (χ1v) is 6.41. The zero-order chi connectivity index (χ0) is 14.4. The Kier molecular flexibility index (Phi) is 5.76. The molecular formula is C14H21FN2O2. The number of aliphatic hydroxyl groups is 1. The first kappa shape index (κ1) is 15.4. The molecule has 0 heterocycles. The first-order valence-electron chi connectivity index (χ1n) is 6.41. The minimum Gasteiger partial charge on any atom is -0.389 e. The quantitative estimate of drug-likeness (QED) is 0.827. The second-order valence-electron chi connectivity index (χ2n) is 4.55. The van der Waals surface area contributed by atoms with Crippen molar-refractivity contribution in [1.82, 2.24) is 5.32 Å². The van der Waals surface area contributed by atoms with Gasteiger partial charge < -0.3 is 15.3 Å². The highest BCUT2D eigenvalue weighted by Gasteiger charge is 2.17. The SMILES string of the molecule is CCCNC(=O)CN(C)c1cccc(F)c1[C@@H](C)O. The van der Waals surface area contributed by atoms with Crippen LogP contribution < -0.4 is 10.2 Å². The second kappa shape index (κ2) is 7.09. The van der Waals surface area contributed by atoms with Crippen LogP contribution in [0.2, 0.25) is 0 Å². The lowest BCUT2D eigenvalue weighted by Crippen LogP contribution is -2.36. The van der Waals surface area contributed by atoms with Gasteiger partial charge in [-0.15, -0.1) is 0 Å². The number of hydrogen-bond donors (Lipinski definition) is 2. The number of halogens is 1. The molecule has 0 spiro atoms. The average Bonchev–Trinajstić information content (AvgIpc) is 2.35. The summed E-state index contributed by atoms with van der Waals surface area (Å²) in [7, 11) is 1.70. The number of anilines is 1. The fourth-order valence-electron chi connectivity index (χ4n) is 1.89. The summed E-state index contributed by atoms with van der Waals surface area (Å²) in [6.45, 7) is 4.23. The Balaban J connectivity index is 2.85. The highest BCUT2D eigenvalue weighted by Crippen LogP contribution is 2.27. The van der Waals surface area contributed by atoms with Gasteiger partial charge in [0, 0.05) is 24.8 Å². The van der Waals surface area contributed by atoms with Crippen LogP contribution in [0.5, 0.6) is 0 Å². The van der Waals surface area contributed by atoms with Crippen LogP contribution in [0.3, 0.4) is 0 Å². The highest BCUT2D eigenvalue weighted by atomic mass is 19.1. The van der Waals surface area contributed by atoms with Crippen molar-refractivity contribution in [1.29, 1.82) is 0 Å². The summed E-state index contributed by atoms with van der Waals surface area (Å²) in [5.41, 5.74) is 0.745. The van der Waals surface area contributed by atoms with E-state index in [9.17, 15) is 14.3 Å². The summed E-state index contributed by atoms with van der Waals surface area (Å²) < 4.78 is 13.7. The third-order valence-corrected chi connectivity index (χ3v) is 2.81. The number of hydrogen-bond acceptors (Lipinski definition) is 3. The molecule has 2 N–H and O–H groups in total.